The third-order valence-corrected chi connectivity index (χ3v) is 2.95. The second-order valence-corrected chi connectivity index (χ2v) is 4.41. The molecule has 0 radical (unpaired) electrons. The van der Waals surface area contributed by atoms with Gasteiger partial charge in [0.25, 0.3) is 0 Å². The second kappa shape index (κ2) is 9.66. The molecule has 0 amide bonds. The molecular formula is C14H31NO4. The zero-order valence-corrected chi connectivity index (χ0v) is 13.4. The number of methoxy groups -OCH3 is 2. The summed E-state index contributed by atoms with van der Waals surface area (Å²) in [6, 6.07) is 0. The predicted molar refractivity (Wildman–Crippen MR) is 75.7 cm³/mol. The molecule has 116 valence electrons. The molecule has 0 rings (SSSR count). The Bertz CT molecular complexity index is 189. The molecule has 0 aliphatic heterocycles. The van der Waals surface area contributed by atoms with Crippen LogP contribution >= 0.6 is 0 Å². The monoisotopic (exact) mass is 277 g/mol. The molecule has 5 nitrogen and oxygen atoms in total. The van der Waals surface area contributed by atoms with Crippen LogP contribution < -0.4 is 5.32 Å². The van der Waals surface area contributed by atoms with E-state index in [0.717, 1.165) is 25.7 Å². The molecular weight excluding hydrogens is 246 g/mol. The van der Waals surface area contributed by atoms with Crippen LogP contribution in [0, 0.1) is 0 Å². The Morgan fingerprint density at radius 1 is 0.737 bits per heavy atom. The summed E-state index contributed by atoms with van der Waals surface area (Å²) < 4.78 is 22.7. The van der Waals surface area contributed by atoms with Crippen LogP contribution in [0.2, 0.25) is 0 Å². The number of hydrogen-bond acceptors (Lipinski definition) is 5. The molecule has 0 saturated carbocycles. The summed E-state index contributed by atoms with van der Waals surface area (Å²) in [6.45, 7) is 9.17. The zero-order valence-electron chi connectivity index (χ0n) is 13.4. The lowest BCUT2D eigenvalue weighted by atomic mass is 10.2. The molecule has 2 atom stereocenters. The quantitative estimate of drug-likeness (QED) is 0.556. The lowest BCUT2D eigenvalue weighted by Crippen LogP contribution is -2.62. The fraction of sp³-hybridized carbons (Fsp3) is 1.00. The van der Waals surface area contributed by atoms with Crippen LogP contribution in [0.1, 0.15) is 53.4 Å². The van der Waals surface area contributed by atoms with Crippen LogP contribution in [0.5, 0.6) is 0 Å². The normalized spacial score (nSPS) is 18.0. The summed E-state index contributed by atoms with van der Waals surface area (Å²) in [4.78, 5) is 0. The summed E-state index contributed by atoms with van der Waals surface area (Å²) in [5.41, 5.74) is 0. The summed E-state index contributed by atoms with van der Waals surface area (Å²) in [6.07, 6.45) is 3.30. The van der Waals surface area contributed by atoms with Crippen molar-refractivity contribution in [1.82, 2.24) is 5.32 Å². The van der Waals surface area contributed by atoms with Gasteiger partial charge in [-0.15, -0.1) is 0 Å². The van der Waals surface area contributed by atoms with Gasteiger partial charge in [-0.3, -0.25) is 0 Å². The summed E-state index contributed by atoms with van der Waals surface area (Å²) >= 11 is 0. The van der Waals surface area contributed by atoms with Crippen LogP contribution in [-0.2, 0) is 18.9 Å². The van der Waals surface area contributed by atoms with Crippen molar-refractivity contribution in [3.63, 3.8) is 0 Å². The van der Waals surface area contributed by atoms with Gasteiger partial charge in [0.15, 0.2) is 0 Å². The minimum Gasteiger partial charge on any atom is -0.341 e. The first-order valence-corrected chi connectivity index (χ1v) is 7.25. The Labute approximate surface area is 117 Å². The first-order chi connectivity index (χ1) is 9.07. The highest BCUT2D eigenvalue weighted by Crippen LogP contribution is 2.25. The van der Waals surface area contributed by atoms with Crippen LogP contribution in [-0.4, -0.2) is 39.3 Å². The summed E-state index contributed by atoms with van der Waals surface area (Å²) in [7, 11) is 3.27. The standard InChI is InChI=1S/C14H31NO4/c1-7-11-13(16-5,18-9-3)15-14(17-6,12-8-2)19-10-4/h15H,7-12H2,1-6H3. The van der Waals surface area contributed by atoms with Gasteiger partial charge in [0, 0.05) is 40.3 Å². The molecule has 0 saturated heterocycles. The van der Waals surface area contributed by atoms with E-state index in [1.54, 1.807) is 14.2 Å². The van der Waals surface area contributed by atoms with Gasteiger partial charge in [0.2, 0.25) is 11.8 Å². The van der Waals surface area contributed by atoms with Crippen molar-refractivity contribution in [2.45, 2.75) is 65.2 Å². The average molecular weight is 277 g/mol. The van der Waals surface area contributed by atoms with Crippen LogP contribution in [0.4, 0.5) is 0 Å². The maximum absolute atomic E-state index is 5.78. The number of rotatable bonds is 12. The fourth-order valence-electron chi connectivity index (χ4n) is 2.18. The number of hydrogen-bond donors (Lipinski definition) is 1. The molecule has 0 heterocycles. The smallest absolute Gasteiger partial charge is 0.231 e. The third-order valence-electron chi connectivity index (χ3n) is 2.95. The molecule has 0 aromatic heterocycles. The molecule has 0 bridgehead atoms. The molecule has 0 aromatic rings. The van der Waals surface area contributed by atoms with Crippen LogP contribution in [0.3, 0.4) is 0 Å². The first-order valence-electron chi connectivity index (χ1n) is 7.25. The van der Waals surface area contributed by atoms with Gasteiger partial charge in [-0.25, -0.2) is 5.32 Å². The first kappa shape index (κ1) is 18.8. The molecule has 0 fully saturated rings. The Morgan fingerprint density at radius 3 is 1.32 bits per heavy atom. The Balaban J connectivity index is 5.08. The highest BCUT2D eigenvalue weighted by Gasteiger charge is 2.41. The Kier molecular flexibility index (Phi) is 9.56. The number of ether oxygens (including phenoxy) is 4. The lowest BCUT2D eigenvalue weighted by molar-refractivity contribution is -0.334. The van der Waals surface area contributed by atoms with E-state index in [4.69, 9.17) is 18.9 Å². The van der Waals surface area contributed by atoms with E-state index in [9.17, 15) is 0 Å². The van der Waals surface area contributed by atoms with Gasteiger partial charge in [-0.2, -0.15) is 0 Å². The van der Waals surface area contributed by atoms with Crippen molar-refractivity contribution in [2.75, 3.05) is 27.4 Å². The minimum atomic E-state index is -0.871. The van der Waals surface area contributed by atoms with Gasteiger partial charge in [-0.1, -0.05) is 13.8 Å². The highest BCUT2D eigenvalue weighted by molar-refractivity contribution is 4.76. The SMILES string of the molecule is CCCC(NC(CCC)(OC)OCC)(OC)OCC. The molecule has 1 N–H and O–H groups in total. The van der Waals surface area contributed by atoms with Crippen molar-refractivity contribution in [3.05, 3.63) is 0 Å². The van der Waals surface area contributed by atoms with Crippen molar-refractivity contribution in [3.8, 4) is 0 Å². The largest absolute Gasteiger partial charge is 0.341 e. The van der Waals surface area contributed by atoms with E-state index in [1.165, 1.54) is 0 Å². The summed E-state index contributed by atoms with van der Waals surface area (Å²) in [5, 5.41) is 3.30. The van der Waals surface area contributed by atoms with Gasteiger partial charge in [0.1, 0.15) is 0 Å². The minimum absolute atomic E-state index is 0.554. The molecule has 0 aliphatic carbocycles. The van der Waals surface area contributed by atoms with E-state index in [0.29, 0.717) is 13.2 Å². The van der Waals surface area contributed by atoms with Gasteiger partial charge in [-0.05, 0) is 26.7 Å². The van der Waals surface area contributed by atoms with Gasteiger partial charge >= 0.3 is 0 Å². The maximum Gasteiger partial charge on any atom is 0.231 e. The highest BCUT2D eigenvalue weighted by atomic mass is 16.8. The second-order valence-electron chi connectivity index (χ2n) is 4.41. The molecule has 0 aromatic carbocycles. The van der Waals surface area contributed by atoms with Crippen molar-refractivity contribution in [2.24, 2.45) is 0 Å². The van der Waals surface area contributed by atoms with E-state index in [2.05, 4.69) is 19.2 Å². The van der Waals surface area contributed by atoms with Crippen LogP contribution in [0.25, 0.3) is 0 Å². The van der Waals surface area contributed by atoms with Gasteiger partial charge in [0.05, 0.1) is 0 Å². The van der Waals surface area contributed by atoms with E-state index in [1.807, 2.05) is 13.8 Å². The molecule has 0 spiro atoms. The maximum atomic E-state index is 5.78. The molecule has 0 aliphatic rings. The Morgan fingerprint density at radius 2 is 1.11 bits per heavy atom. The summed E-state index contributed by atoms with van der Waals surface area (Å²) in [5.74, 6) is -1.74. The predicted octanol–water partition coefficient (Wildman–Crippen LogP) is 2.85. The van der Waals surface area contributed by atoms with E-state index >= 15 is 0 Å². The van der Waals surface area contributed by atoms with Crippen molar-refractivity contribution < 1.29 is 18.9 Å². The van der Waals surface area contributed by atoms with Crippen molar-refractivity contribution in [1.29, 1.82) is 0 Å². The fourth-order valence-corrected chi connectivity index (χ4v) is 2.18. The third kappa shape index (κ3) is 5.75. The van der Waals surface area contributed by atoms with Gasteiger partial charge < -0.3 is 18.9 Å². The number of nitrogens with one attached hydrogen (secondary N) is 1. The lowest BCUT2D eigenvalue weighted by Gasteiger charge is -2.42. The zero-order chi connectivity index (χ0) is 14.8. The van der Waals surface area contributed by atoms with E-state index in [-0.39, 0.29) is 0 Å². The molecule has 5 heteroatoms. The molecule has 2 unspecified atom stereocenters. The van der Waals surface area contributed by atoms with Crippen molar-refractivity contribution >= 4 is 0 Å². The van der Waals surface area contributed by atoms with E-state index < -0.39 is 11.8 Å². The molecule has 19 heavy (non-hydrogen) atoms. The topological polar surface area (TPSA) is 49.0 Å². The van der Waals surface area contributed by atoms with Crippen LogP contribution in [0.15, 0.2) is 0 Å². The Hall–Kier alpha value is -0.200. The average Bonchev–Trinajstić information content (AvgIpc) is 2.39.